The van der Waals surface area contributed by atoms with Gasteiger partial charge in [0.1, 0.15) is 18.5 Å². The van der Waals surface area contributed by atoms with Crippen LogP contribution in [0.3, 0.4) is 0 Å². The van der Waals surface area contributed by atoms with Gasteiger partial charge in [-0.25, -0.2) is 0 Å². The minimum atomic E-state index is -0.895. The Morgan fingerprint density at radius 1 is 0.929 bits per heavy atom. The summed E-state index contributed by atoms with van der Waals surface area (Å²) in [5.41, 5.74) is 2.37. The zero-order chi connectivity index (χ0) is 19.8. The van der Waals surface area contributed by atoms with Crippen molar-refractivity contribution in [1.82, 2.24) is 4.90 Å². The van der Waals surface area contributed by atoms with Crippen LogP contribution in [0.15, 0.2) is 48.5 Å². The maximum absolute atomic E-state index is 10.4. The highest BCUT2D eigenvalue weighted by molar-refractivity contribution is 6.30. The quantitative estimate of drug-likeness (QED) is 0.793. The molecule has 28 heavy (non-hydrogen) atoms. The third kappa shape index (κ3) is 6.49. The third-order valence-electron chi connectivity index (χ3n) is 5.31. The normalized spacial score (nSPS) is 22.7. The number of halogens is 1. The van der Waals surface area contributed by atoms with Crippen LogP contribution in [0.2, 0.25) is 5.02 Å². The summed E-state index contributed by atoms with van der Waals surface area (Å²) in [7, 11) is 0. The van der Waals surface area contributed by atoms with Gasteiger partial charge in [-0.3, -0.25) is 4.90 Å². The van der Waals surface area contributed by atoms with Crippen molar-refractivity contribution in [2.24, 2.45) is 0 Å². The molecule has 0 aromatic heterocycles. The Hall–Kier alpha value is -1.59. The highest BCUT2D eigenvalue weighted by atomic mass is 35.5. The van der Waals surface area contributed by atoms with E-state index in [0.29, 0.717) is 6.42 Å². The first-order valence-corrected chi connectivity index (χ1v) is 10.5. The maximum atomic E-state index is 10.4. The molecule has 0 bridgehead atoms. The number of aliphatic hydroxyl groups excluding tert-OH is 2. The predicted molar refractivity (Wildman–Crippen MR) is 113 cm³/mol. The van der Waals surface area contributed by atoms with Crippen molar-refractivity contribution in [2.75, 3.05) is 19.7 Å². The van der Waals surface area contributed by atoms with Crippen molar-refractivity contribution in [3.8, 4) is 5.75 Å². The fourth-order valence-corrected chi connectivity index (χ4v) is 3.72. The van der Waals surface area contributed by atoms with Crippen LogP contribution in [0.25, 0.3) is 0 Å². The SMILES string of the molecule is O[C@@H]1COc2ccccc2CCCCCN(Cc2ccc(Cl)cc2)CC[C@@H]1O. The molecule has 2 aromatic carbocycles. The number of hydrogen-bond acceptors (Lipinski definition) is 4. The first kappa shape index (κ1) is 21.1. The molecular formula is C23H30ClNO3. The second kappa shape index (κ2) is 10.8. The lowest BCUT2D eigenvalue weighted by Gasteiger charge is -2.26. The molecule has 0 saturated carbocycles. The number of rotatable bonds is 2. The number of hydrogen-bond donors (Lipinski definition) is 2. The second-order valence-electron chi connectivity index (χ2n) is 7.56. The molecule has 2 atom stereocenters. The standard InChI is InChI=1S/C23H30ClNO3/c24-20-11-9-18(10-12-20)16-25-14-5-1-2-6-19-7-3-4-8-23(19)28-17-22(27)21(26)13-15-25/h3-4,7-12,21-22,26-27H,1-2,5-6,13-17H2/t21-,22+/m0/s1. The summed E-state index contributed by atoms with van der Waals surface area (Å²) < 4.78 is 5.81. The first-order valence-electron chi connectivity index (χ1n) is 10.2. The van der Waals surface area contributed by atoms with Gasteiger partial charge >= 0.3 is 0 Å². The lowest BCUT2D eigenvalue weighted by molar-refractivity contribution is -0.0163. The van der Waals surface area contributed by atoms with Gasteiger partial charge in [0, 0.05) is 18.1 Å². The van der Waals surface area contributed by atoms with Gasteiger partial charge in [0.15, 0.2) is 0 Å². The molecule has 3 rings (SSSR count). The monoisotopic (exact) mass is 403 g/mol. The molecule has 5 heteroatoms. The molecule has 1 aliphatic heterocycles. The van der Waals surface area contributed by atoms with Crippen molar-refractivity contribution in [1.29, 1.82) is 0 Å². The van der Waals surface area contributed by atoms with Crippen LogP contribution in [0.4, 0.5) is 0 Å². The van der Waals surface area contributed by atoms with E-state index >= 15 is 0 Å². The van der Waals surface area contributed by atoms with Crippen molar-refractivity contribution < 1.29 is 14.9 Å². The minimum Gasteiger partial charge on any atom is -0.491 e. The van der Waals surface area contributed by atoms with Crippen molar-refractivity contribution in [3.63, 3.8) is 0 Å². The third-order valence-corrected chi connectivity index (χ3v) is 5.56. The van der Waals surface area contributed by atoms with E-state index in [1.54, 1.807) is 0 Å². The fraction of sp³-hybridized carbons (Fsp3) is 0.478. The van der Waals surface area contributed by atoms with Crippen LogP contribution in [0.5, 0.6) is 5.75 Å². The lowest BCUT2D eigenvalue weighted by atomic mass is 10.0. The maximum Gasteiger partial charge on any atom is 0.122 e. The summed E-state index contributed by atoms with van der Waals surface area (Å²) >= 11 is 5.99. The van der Waals surface area contributed by atoms with Gasteiger partial charge in [0.25, 0.3) is 0 Å². The van der Waals surface area contributed by atoms with Crippen LogP contribution in [0.1, 0.15) is 36.8 Å². The highest BCUT2D eigenvalue weighted by Gasteiger charge is 2.19. The number of ether oxygens (including phenoxy) is 1. The number of nitrogens with zero attached hydrogens (tertiary/aromatic N) is 1. The van der Waals surface area contributed by atoms with Crippen molar-refractivity contribution in [3.05, 3.63) is 64.7 Å². The summed E-state index contributed by atoms with van der Waals surface area (Å²) in [6.45, 7) is 2.63. The van der Waals surface area contributed by atoms with Crippen molar-refractivity contribution >= 4 is 11.6 Å². The van der Waals surface area contributed by atoms with E-state index < -0.39 is 12.2 Å². The Morgan fingerprint density at radius 3 is 2.54 bits per heavy atom. The van der Waals surface area contributed by atoms with E-state index in [9.17, 15) is 10.2 Å². The Bertz CT molecular complexity index is 722. The molecule has 0 fully saturated rings. The molecule has 1 heterocycles. The van der Waals surface area contributed by atoms with E-state index in [2.05, 4.69) is 11.0 Å². The Kier molecular flexibility index (Phi) is 8.16. The van der Waals surface area contributed by atoms with E-state index in [0.717, 1.165) is 56.1 Å². The molecular weight excluding hydrogens is 374 g/mol. The average molecular weight is 404 g/mol. The number of aryl methyl sites for hydroxylation is 1. The fourth-order valence-electron chi connectivity index (χ4n) is 3.59. The molecule has 0 aliphatic carbocycles. The smallest absolute Gasteiger partial charge is 0.122 e. The second-order valence-corrected chi connectivity index (χ2v) is 7.99. The van der Waals surface area contributed by atoms with Gasteiger partial charge in [-0.2, -0.15) is 0 Å². The van der Waals surface area contributed by atoms with Crippen LogP contribution in [0, 0.1) is 0 Å². The topological polar surface area (TPSA) is 52.9 Å². The largest absolute Gasteiger partial charge is 0.491 e. The van der Waals surface area contributed by atoms with Crippen molar-refractivity contribution in [2.45, 2.75) is 50.9 Å². The van der Waals surface area contributed by atoms with Crippen LogP contribution >= 0.6 is 11.6 Å². The first-order chi connectivity index (χ1) is 13.6. The van der Waals surface area contributed by atoms with E-state index in [4.69, 9.17) is 16.3 Å². The Balaban J connectivity index is 1.65. The van der Waals surface area contributed by atoms with E-state index in [1.165, 1.54) is 11.1 Å². The molecule has 2 N–H and O–H groups in total. The summed E-state index contributed by atoms with van der Waals surface area (Å²) in [5.74, 6) is 0.815. The van der Waals surface area contributed by atoms with Gasteiger partial charge in [-0.05, 0) is 61.6 Å². The van der Waals surface area contributed by atoms with Gasteiger partial charge in [-0.15, -0.1) is 0 Å². The number of fused-ring (bicyclic) bond motifs is 1. The summed E-state index contributed by atoms with van der Waals surface area (Å²) in [6, 6.07) is 15.9. The Morgan fingerprint density at radius 2 is 1.71 bits per heavy atom. The molecule has 0 unspecified atom stereocenters. The minimum absolute atomic E-state index is 0.107. The average Bonchev–Trinajstić information content (AvgIpc) is 2.71. The van der Waals surface area contributed by atoms with E-state index in [-0.39, 0.29) is 6.61 Å². The highest BCUT2D eigenvalue weighted by Crippen LogP contribution is 2.22. The molecule has 2 aromatic rings. The zero-order valence-corrected chi connectivity index (χ0v) is 17.0. The van der Waals surface area contributed by atoms with Gasteiger partial charge in [0.05, 0.1) is 6.10 Å². The Labute approximate surface area is 172 Å². The molecule has 152 valence electrons. The number of para-hydroxylation sites is 1. The van der Waals surface area contributed by atoms with Crippen LogP contribution in [-0.4, -0.2) is 47.0 Å². The zero-order valence-electron chi connectivity index (χ0n) is 16.3. The molecule has 0 saturated heterocycles. The molecule has 1 aliphatic rings. The number of benzene rings is 2. The summed E-state index contributed by atoms with van der Waals surface area (Å²) in [5, 5.41) is 21.4. The molecule has 0 radical (unpaired) electrons. The predicted octanol–water partition coefficient (Wildman–Crippen LogP) is 4.06. The van der Waals surface area contributed by atoms with Crippen LogP contribution < -0.4 is 4.74 Å². The van der Waals surface area contributed by atoms with Crippen LogP contribution in [-0.2, 0) is 13.0 Å². The van der Waals surface area contributed by atoms with Gasteiger partial charge < -0.3 is 14.9 Å². The molecule has 4 nitrogen and oxygen atoms in total. The lowest BCUT2D eigenvalue weighted by Crippen LogP contribution is -2.36. The molecule has 0 spiro atoms. The summed E-state index contributed by atoms with van der Waals surface area (Å²) in [4.78, 5) is 2.35. The van der Waals surface area contributed by atoms with E-state index in [1.807, 2.05) is 42.5 Å². The van der Waals surface area contributed by atoms with Gasteiger partial charge in [-0.1, -0.05) is 48.4 Å². The number of aliphatic hydroxyl groups is 2. The molecule has 0 amide bonds. The van der Waals surface area contributed by atoms with Gasteiger partial charge in [0.2, 0.25) is 0 Å². The summed E-state index contributed by atoms with van der Waals surface area (Å²) in [6.07, 6.45) is 3.15.